The highest BCUT2D eigenvalue weighted by atomic mass is 35.5. The van der Waals surface area contributed by atoms with Gasteiger partial charge in [0.25, 0.3) is 0 Å². The Kier molecular flexibility index (Phi) is 9.76. The van der Waals surface area contributed by atoms with Crippen molar-refractivity contribution < 1.29 is 32.5 Å². The molecule has 244 valence electrons. The highest BCUT2D eigenvalue weighted by Crippen LogP contribution is 2.57. The second kappa shape index (κ2) is 13.6. The maximum atomic E-state index is 16.2. The minimum atomic E-state index is -1.41. The molecule has 4 aromatic carbocycles. The van der Waals surface area contributed by atoms with Crippen LogP contribution < -0.4 is 9.47 Å². The molecule has 0 saturated heterocycles. The molecule has 0 saturated carbocycles. The van der Waals surface area contributed by atoms with Gasteiger partial charge in [0.1, 0.15) is 11.6 Å². The molecule has 0 aromatic heterocycles. The third-order valence-corrected chi connectivity index (χ3v) is 8.75. The molecular weight excluding hydrogens is 626 g/mol. The maximum Gasteiger partial charge on any atom is 0.410 e. The number of ether oxygens (including phenoxy) is 4. The number of rotatable bonds is 9. The lowest BCUT2D eigenvalue weighted by Gasteiger charge is -2.43. The number of nitriles is 1. The number of hydrogen-bond acceptors (Lipinski definition) is 6. The van der Waals surface area contributed by atoms with E-state index in [1.54, 1.807) is 0 Å². The van der Waals surface area contributed by atoms with Crippen LogP contribution >= 0.6 is 11.6 Å². The van der Waals surface area contributed by atoms with Crippen LogP contribution in [-0.4, -0.2) is 43.9 Å². The van der Waals surface area contributed by atoms with E-state index in [9.17, 15) is 10.1 Å². The van der Waals surface area contributed by atoms with E-state index in [0.717, 1.165) is 11.6 Å². The normalized spacial score (nSPS) is 17.0. The summed E-state index contributed by atoms with van der Waals surface area (Å²) in [4.78, 5) is 14.9. The summed E-state index contributed by atoms with van der Waals surface area (Å²) in [5.74, 6) is -2.64. The van der Waals surface area contributed by atoms with Gasteiger partial charge >= 0.3 is 6.09 Å². The predicted octanol–water partition coefficient (Wildman–Crippen LogP) is 8.62. The minimum Gasteiger partial charge on any atom is -0.494 e. The molecule has 5 rings (SSSR count). The van der Waals surface area contributed by atoms with E-state index in [-0.39, 0.29) is 47.9 Å². The number of carbonyl (C=O) groups excluding carboxylic acids is 1. The zero-order chi connectivity index (χ0) is 33.9. The topological polar surface area (TPSA) is 81.0 Å². The van der Waals surface area contributed by atoms with E-state index in [1.807, 2.05) is 87.5 Å². The van der Waals surface area contributed by atoms with Crippen LogP contribution in [0.3, 0.4) is 0 Å². The zero-order valence-electron chi connectivity index (χ0n) is 26.8. The van der Waals surface area contributed by atoms with Crippen LogP contribution in [0.4, 0.5) is 13.6 Å². The van der Waals surface area contributed by atoms with Gasteiger partial charge in [0.15, 0.2) is 17.2 Å². The van der Waals surface area contributed by atoms with Gasteiger partial charge in [-0.15, -0.1) is 0 Å². The number of hydrogen-bond donors (Lipinski definition) is 0. The van der Waals surface area contributed by atoms with Crippen LogP contribution in [0, 0.1) is 23.0 Å². The van der Waals surface area contributed by atoms with E-state index in [1.165, 1.54) is 31.3 Å². The van der Waals surface area contributed by atoms with Crippen molar-refractivity contribution in [3.63, 3.8) is 0 Å². The molecule has 1 heterocycles. The molecule has 1 aliphatic rings. The van der Waals surface area contributed by atoms with Gasteiger partial charge in [0.2, 0.25) is 0 Å². The Morgan fingerprint density at radius 1 is 1.02 bits per heavy atom. The van der Waals surface area contributed by atoms with Crippen molar-refractivity contribution in [2.45, 2.75) is 44.4 Å². The monoisotopic (exact) mass is 660 g/mol. The number of methoxy groups -OCH3 is 2. The van der Waals surface area contributed by atoms with Crippen molar-refractivity contribution in [2.24, 2.45) is 0 Å². The van der Waals surface area contributed by atoms with Gasteiger partial charge < -0.3 is 18.9 Å². The fraction of sp³-hybridized carbons (Fsp3) is 0.297. The molecule has 0 fully saturated rings. The first kappa shape index (κ1) is 33.7. The summed E-state index contributed by atoms with van der Waals surface area (Å²) in [6.45, 7) is 5.72. The van der Waals surface area contributed by atoms with Gasteiger partial charge in [0.05, 0.1) is 56.6 Å². The van der Waals surface area contributed by atoms with Gasteiger partial charge in [-0.05, 0) is 44.0 Å². The van der Waals surface area contributed by atoms with Gasteiger partial charge in [-0.1, -0.05) is 72.3 Å². The van der Waals surface area contributed by atoms with Crippen LogP contribution in [0.2, 0.25) is 5.02 Å². The predicted molar refractivity (Wildman–Crippen MR) is 175 cm³/mol. The average molecular weight is 661 g/mol. The molecule has 1 amide bonds. The smallest absolute Gasteiger partial charge is 0.410 e. The summed E-state index contributed by atoms with van der Waals surface area (Å²) >= 11 is 6.72. The summed E-state index contributed by atoms with van der Waals surface area (Å²) in [5, 5.41) is 9.68. The van der Waals surface area contributed by atoms with Crippen LogP contribution in [0.5, 0.6) is 11.5 Å². The molecule has 4 aromatic rings. The molecule has 0 spiro atoms. The Balaban J connectivity index is 1.81. The summed E-state index contributed by atoms with van der Waals surface area (Å²) in [5.41, 5.74) is -0.630. The van der Waals surface area contributed by atoms with E-state index in [2.05, 4.69) is 0 Å². The number of benzene rings is 4. The quantitative estimate of drug-likeness (QED) is 0.179. The Morgan fingerprint density at radius 3 is 2.28 bits per heavy atom. The fourth-order valence-electron chi connectivity index (χ4n) is 6.07. The van der Waals surface area contributed by atoms with Crippen molar-refractivity contribution in [2.75, 3.05) is 27.4 Å². The molecule has 0 radical (unpaired) electrons. The third-order valence-electron chi connectivity index (χ3n) is 8.38. The third kappa shape index (κ3) is 6.36. The molecule has 10 heteroatoms. The van der Waals surface area contributed by atoms with Gasteiger partial charge in [-0.3, -0.25) is 4.90 Å². The van der Waals surface area contributed by atoms with Crippen molar-refractivity contribution in [3.05, 3.63) is 118 Å². The highest BCUT2D eigenvalue weighted by molar-refractivity contribution is 6.34. The largest absolute Gasteiger partial charge is 0.494 e. The Morgan fingerprint density at radius 2 is 1.68 bits per heavy atom. The first-order chi connectivity index (χ1) is 22.5. The molecule has 0 aliphatic carbocycles. The number of nitrogens with zero attached hydrogens (tertiary/aromatic N) is 2. The maximum absolute atomic E-state index is 16.2. The second-order valence-corrected chi connectivity index (χ2v) is 12.6. The Bertz CT molecular complexity index is 1810. The molecule has 47 heavy (non-hydrogen) atoms. The summed E-state index contributed by atoms with van der Waals surface area (Å²) in [6.07, 6.45) is -0.605. The van der Waals surface area contributed by atoms with Gasteiger partial charge in [-0.25, -0.2) is 13.6 Å². The van der Waals surface area contributed by atoms with Crippen molar-refractivity contribution in [1.82, 2.24) is 4.90 Å². The number of halogens is 3. The highest BCUT2D eigenvalue weighted by Gasteiger charge is 2.55. The number of amides is 1. The molecular formula is C37H35ClF2N2O5. The van der Waals surface area contributed by atoms with E-state index >= 15 is 8.78 Å². The summed E-state index contributed by atoms with van der Waals surface area (Å²) in [6, 6.07) is 24.6. The number of fused-ring (bicyclic) bond motifs is 1. The standard InChI is InChI=1S/C37H35ClF2N2O5/c1-36(2,3)42(35(43)45-5)22-37(25-14-10-7-11-15-25)26(21-46-20-23-12-8-6-9-13-23)31-29(47-37)18-27(39)33(38)32(31)30-24(19-41)16-17-28(44-4)34(30)40/h6-18,26H,20-22H2,1-5H3. The molecule has 2 unspecified atom stereocenters. The fourth-order valence-corrected chi connectivity index (χ4v) is 6.32. The minimum absolute atomic E-state index is 0.0155. The van der Waals surface area contributed by atoms with E-state index in [0.29, 0.717) is 11.1 Å². The number of carbonyl (C=O) groups is 1. The van der Waals surface area contributed by atoms with E-state index < -0.39 is 39.8 Å². The molecule has 7 nitrogen and oxygen atoms in total. The van der Waals surface area contributed by atoms with Crippen LogP contribution in [-0.2, 0) is 21.7 Å². The zero-order valence-corrected chi connectivity index (χ0v) is 27.5. The van der Waals surface area contributed by atoms with Crippen LogP contribution in [0.15, 0.2) is 78.9 Å². The van der Waals surface area contributed by atoms with Crippen LogP contribution in [0.25, 0.3) is 11.1 Å². The molecule has 0 bridgehead atoms. The molecule has 1 aliphatic heterocycles. The summed E-state index contributed by atoms with van der Waals surface area (Å²) < 4.78 is 55.6. The summed E-state index contributed by atoms with van der Waals surface area (Å²) in [7, 11) is 2.59. The van der Waals surface area contributed by atoms with Crippen molar-refractivity contribution >= 4 is 17.7 Å². The van der Waals surface area contributed by atoms with Crippen molar-refractivity contribution in [1.29, 1.82) is 5.26 Å². The Hall–Kier alpha value is -4.65. The van der Waals surface area contributed by atoms with Crippen LogP contribution in [0.1, 0.15) is 48.9 Å². The van der Waals surface area contributed by atoms with E-state index in [4.69, 9.17) is 30.5 Å². The molecule has 2 atom stereocenters. The molecule has 0 N–H and O–H groups in total. The Labute approximate surface area is 278 Å². The lowest BCUT2D eigenvalue weighted by atomic mass is 9.76. The first-order valence-corrected chi connectivity index (χ1v) is 15.3. The van der Waals surface area contributed by atoms with Gasteiger partial charge in [0, 0.05) is 28.3 Å². The lowest BCUT2D eigenvalue weighted by molar-refractivity contribution is -0.0279. The second-order valence-electron chi connectivity index (χ2n) is 12.2. The average Bonchev–Trinajstić information content (AvgIpc) is 3.37. The first-order valence-electron chi connectivity index (χ1n) is 15.0. The lowest BCUT2D eigenvalue weighted by Crippen LogP contribution is -2.55. The van der Waals surface area contributed by atoms with Crippen molar-refractivity contribution in [3.8, 4) is 28.7 Å². The van der Waals surface area contributed by atoms with Gasteiger partial charge in [-0.2, -0.15) is 5.26 Å². The SMILES string of the molecule is COC(=O)N(CC1(c2ccccc2)Oc2cc(F)c(Cl)c(-c3c(C#N)ccc(OC)c3F)c2C1COCc1ccccc1)C(C)(C)C.